The molecule has 1 N–H and O–H groups in total. The van der Waals surface area contributed by atoms with Gasteiger partial charge in [0.2, 0.25) is 0 Å². The Hall–Kier alpha value is -0.0800. The maximum atomic E-state index is 3.78. The lowest BCUT2D eigenvalue weighted by molar-refractivity contribution is 0.100. The Morgan fingerprint density at radius 3 is 2.20 bits per heavy atom. The standard InChI is InChI=1S/C18H32N2/c1-2-7-18(6-1)8-11-20(12-9-18)10-5-15-13-16-3-4-17(14-15)19-16/h15-17,19H,1-14H2. The van der Waals surface area contributed by atoms with Crippen LogP contribution in [0.1, 0.15) is 70.6 Å². The predicted molar refractivity (Wildman–Crippen MR) is 83.9 cm³/mol. The summed E-state index contributed by atoms with van der Waals surface area (Å²) in [7, 11) is 0. The van der Waals surface area contributed by atoms with Crippen molar-refractivity contribution in [1.29, 1.82) is 0 Å². The summed E-state index contributed by atoms with van der Waals surface area (Å²) in [6.07, 6.45) is 16.4. The normalized spacial score (nSPS) is 40.5. The summed E-state index contributed by atoms with van der Waals surface area (Å²) in [4.78, 5) is 2.79. The molecule has 1 spiro atoms. The average Bonchev–Trinajstić information content (AvgIpc) is 3.06. The van der Waals surface area contributed by atoms with Crippen molar-refractivity contribution >= 4 is 0 Å². The van der Waals surface area contributed by atoms with Crippen LogP contribution < -0.4 is 5.32 Å². The summed E-state index contributed by atoms with van der Waals surface area (Å²) < 4.78 is 0. The number of nitrogens with one attached hydrogen (secondary N) is 1. The Balaban J connectivity index is 1.21. The van der Waals surface area contributed by atoms with Crippen LogP contribution in [0.25, 0.3) is 0 Å². The summed E-state index contributed by atoms with van der Waals surface area (Å²) in [5, 5.41) is 3.78. The third-order valence-electron chi connectivity index (χ3n) is 7.01. The molecule has 3 saturated heterocycles. The summed E-state index contributed by atoms with van der Waals surface area (Å²) in [5.74, 6) is 1.02. The molecule has 0 aromatic carbocycles. The van der Waals surface area contributed by atoms with E-state index < -0.39 is 0 Å². The number of nitrogens with zero attached hydrogens (tertiary/aromatic N) is 1. The Morgan fingerprint density at radius 1 is 0.900 bits per heavy atom. The average molecular weight is 276 g/mol. The Bertz CT molecular complexity index is 312. The van der Waals surface area contributed by atoms with E-state index in [-0.39, 0.29) is 0 Å². The first-order valence-electron chi connectivity index (χ1n) is 9.30. The molecule has 0 aromatic heterocycles. The van der Waals surface area contributed by atoms with Crippen molar-refractivity contribution in [3.8, 4) is 0 Å². The van der Waals surface area contributed by atoms with Crippen LogP contribution >= 0.6 is 0 Å². The zero-order chi connectivity index (χ0) is 13.4. The van der Waals surface area contributed by atoms with Gasteiger partial charge in [-0.1, -0.05) is 12.8 Å². The maximum Gasteiger partial charge on any atom is 0.00728 e. The minimum absolute atomic E-state index is 0.796. The molecule has 2 nitrogen and oxygen atoms in total. The van der Waals surface area contributed by atoms with E-state index in [2.05, 4.69) is 10.2 Å². The summed E-state index contributed by atoms with van der Waals surface area (Å²) in [6, 6.07) is 1.75. The van der Waals surface area contributed by atoms with E-state index in [9.17, 15) is 0 Å². The fourth-order valence-corrected chi connectivity index (χ4v) is 5.65. The molecule has 0 amide bonds. The van der Waals surface area contributed by atoms with Gasteiger partial charge in [0.15, 0.2) is 0 Å². The minimum Gasteiger partial charge on any atom is -0.311 e. The van der Waals surface area contributed by atoms with E-state index in [4.69, 9.17) is 0 Å². The van der Waals surface area contributed by atoms with Gasteiger partial charge in [-0.2, -0.15) is 0 Å². The predicted octanol–water partition coefficient (Wildman–Crippen LogP) is 3.56. The van der Waals surface area contributed by atoms with Crippen molar-refractivity contribution in [2.75, 3.05) is 19.6 Å². The molecule has 3 aliphatic heterocycles. The molecule has 2 heteroatoms. The lowest BCUT2D eigenvalue weighted by atomic mass is 9.77. The third kappa shape index (κ3) is 2.78. The second-order valence-electron chi connectivity index (χ2n) is 8.31. The highest BCUT2D eigenvalue weighted by Gasteiger charge is 2.37. The number of fused-ring (bicyclic) bond motifs is 2. The van der Waals surface area contributed by atoms with E-state index in [0.29, 0.717) is 0 Å². The second kappa shape index (κ2) is 5.61. The molecule has 4 fully saturated rings. The molecule has 4 aliphatic rings. The number of likely N-dealkylation sites (tertiary alicyclic amines) is 1. The smallest absolute Gasteiger partial charge is 0.00728 e. The molecule has 2 bridgehead atoms. The fraction of sp³-hybridized carbons (Fsp3) is 1.00. The summed E-state index contributed by atoms with van der Waals surface area (Å²) in [5.41, 5.74) is 0.796. The van der Waals surface area contributed by atoms with Crippen molar-refractivity contribution in [2.24, 2.45) is 11.3 Å². The number of rotatable bonds is 3. The Morgan fingerprint density at radius 2 is 1.55 bits per heavy atom. The Kier molecular flexibility index (Phi) is 3.80. The monoisotopic (exact) mass is 276 g/mol. The molecule has 1 saturated carbocycles. The largest absolute Gasteiger partial charge is 0.311 e. The van der Waals surface area contributed by atoms with Gasteiger partial charge in [0, 0.05) is 12.1 Å². The van der Waals surface area contributed by atoms with E-state index in [1.807, 2.05) is 0 Å². The first kappa shape index (κ1) is 13.6. The molecule has 4 rings (SSSR count). The molecule has 1 aliphatic carbocycles. The molecule has 2 unspecified atom stereocenters. The highest BCUT2D eigenvalue weighted by Crippen LogP contribution is 2.46. The van der Waals surface area contributed by atoms with E-state index in [1.165, 1.54) is 77.4 Å². The van der Waals surface area contributed by atoms with Gasteiger partial charge in [0.05, 0.1) is 0 Å². The van der Waals surface area contributed by atoms with Crippen molar-refractivity contribution < 1.29 is 0 Å². The topological polar surface area (TPSA) is 15.3 Å². The van der Waals surface area contributed by atoms with Gasteiger partial charge in [0.25, 0.3) is 0 Å². The first-order chi connectivity index (χ1) is 9.81. The minimum atomic E-state index is 0.796. The van der Waals surface area contributed by atoms with Gasteiger partial charge >= 0.3 is 0 Å². The van der Waals surface area contributed by atoms with Crippen LogP contribution in [0.2, 0.25) is 0 Å². The van der Waals surface area contributed by atoms with Crippen molar-refractivity contribution in [1.82, 2.24) is 10.2 Å². The van der Waals surface area contributed by atoms with Gasteiger partial charge in [-0.15, -0.1) is 0 Å². The molecule has 20 heavy (non-hydrogen) atoms. The number of hydrogen-bond acceptors (Lipinski definition) is 2. The van der Waals surface area contributed by atoms with Crippen LogP contribution in [-0.2, 0) is 0 Å². The number of hydrogen-bond donors (Lipinski definition) is 1. The zero-order valence-corrected chi connectivity index (χ0v) is 13.1. The molecule has 114 valence electrons. The second-order valence-corrected chi connectivity index (χ2v) is 8.31. The van der Waals surface area contributed by atoms with Crippen molar-refractivity contribution in [3.63, 3.8) is 0 Å². The van der Waals surface area contributed by atoms with E-state index in [1.54, 1.807) is 12.8 Å². The maximum absolute atomic E-state index is 3.78. The molecular formula is C18H32N2. The van der Waals surface area contributed by atoms with Crippen LogP contribution in [0, 0.1) is 11.3 Å². The van der Waals surface area contributed by atoms with Gasteiger partial charge < -0.3 is 10.2 Å². The highest BCUT2D eigenvalue weighted by molar-refractivity contribution is 4.93. The van der Waals surface area contributed by atoms with Crippen LogP contribution in [0.15, 0.2) is 0 Å². The zero-order valence-electron chi connectivity index (χ0n) is 13.1. The van der Waals surface area contributed by atoms with E-state index >= 15 is 0 Å². The van der Waals surface area contributed by atoms with Crippen molar-refractivity contribution in [3.05, 3.63) is 0 Å². The SMILES string of the molecule is C1CCC2(C1)CCN(CCC1CC3CCC(C1)N3)CC2. The molecule has 0 radical (unpaired) electrons. The van der Waals surface area contributed by atoms with Crippen LogP contribution in [0.5, 0.6) is 0 Å². The van der Waals surface area contributed by atoms with Gasteiger partial charge in [-0.25, -0.2) is 0 Å². The van der Waals surface area contributed by atoms with Gasteiger partial charge in [0.1, 0.15) is 0 Å². The lowest BCUT2D eigenvalue weighted by Gasteiger charge is -2.40. The fourth-order valence-electron chi connectivity index (χ4n) is 5.65. The van der Waals surface area contributed by atoms with Crippen LogP contribution in [0.3, 0.4) is 0 Å². The van der Waals surface area contributed by atoms with Crippen LogP contribution in [0.4, 0.5) is 0 Å². The third-order valence-corrected chi connectivity index (χ3v) is 7.01. The number of piperidine rings is 2. The molecule has 0 aromatic rings. The molecule has 2 atom stereocenters. The van der Waals surface area contributed by atoms with Crippen LogP contribution in [-0.4, -0.2) is 36.6 Å². The van der Waals surface area contributed by atoms with Gasteiger partial charge in [-0.3, -0.25) is 0 Å². The molecular weight excluding hydrogens is 244 g/mol. The summed E-state index contributed by atoms with van der Waals surface area (Å²) >= 11 is 0. The quantitative estimate of drug-likeness (QED) is 0.848. The van der Waals surface area contributed by atoms with Crippen molar-refractivity contribution in [2.45, 2.75) is 82.7 Å². The first-order valence-corrected chi connectivity index (χ1v) is 9.30. The Labute approximate surface area is 124 Å². The summed E-state index contributed by atoms with van der Waals surface area (Å²) in [6.45, 7) is 4.19. The van der Waals surface area contributed by atoms with Gasteiger partial charge in [-0.05, 0) is 88.8 Å². The highest BCUT2D eigenvalue weighted by atomic mass is 15.1. The van der Waals surface area contributed by atoms with E-state index in [0.717, 1.165) is 23.4 Å². The lowest BCUT2D eigenvalue weighted by Crippen LogP contribution is -2.41. The molecule has 3 heterocycles.